The zero-order valence-electron chi connectivity index (χ0n) is 17.6. The Morgan fingerprint density at radius 2 is 1.87 bits per heavy atom. The van der Waals surface area contributed by atoms with Gasteiger partial charge in [-0.1, -0.05) is 42.8 Å². The van der Waals surface area contributed by atoms with Gasteiger partial charge in [-0.3, -0.25) is 4.79 Å². The number of fused-ring (bicyclic) bond motifs is 1. The van der Waals surface area contributed by atoms with Crippen molar-refractivity contribution in [1.29, 1.82) is 5.41 Å². The van der Waals surface area contributed by atoms with E-state index < -0.39 is 6.10 Å². The molecule has 0 saturated heterocycles. The molecule has 4 nitrogen and oxygen atoms in total. The Balaban J connectivity index is 1.53. The van der Waals surface area contributed by atoms with Gasteiger partial charge in [0.15, 0.2) is 0 Å². The van der Waals surface area contributed by atoms with Crippen LogP contribution in [-0.4, -0.2) is 23.3 Å². The second kappa shape index (κ2) is 8.95. The lowest BCUT2D eigenvalue weighted by atomic mass is 9.93. The monoisotopic (exact) mass is 452 g/mol. The van der Waals surface area contributed by atoms with E-state index in [4.69, 9.17) is 17.0 Å². The van der Waals surface area contributed by atoms with Crippen molar-refractivity contribution in [2.75, 3.05) is 11.4 Å². The molecule has 0 bridgehead atoms. The Hall–Kier alpha value is -2.47. The first-order valence-corrected chi connectivity index (χ1v) is 11.6. The number of benzene rings is 2. The Morgan fingerprint density at radius 1 is 1.19 bits per heavy atom. The molecule has 1 aromatic heterocycles. The highest BCUT2D eigenvalue weighted by Gasteiger charge is 2.28. The van der Waals surface area contributed by atoms with Gasteiger partial charge in [0.05, 0.1) is 11.0 Å². The third kappa shape index (κ3) is 4.59. The number of carbonyl (C=O) groups excluding carboxylic acids is 1. The Bertz CT molecular complexity index is 1110. The zero-order valence-corrected chi connectivity index (χ0v) is 19.1. The van der Waals surface area contributed by atoms with Crippen molar-refractivity contribution in [3.05, 3.63) is 75.6 Å². The van der Waals surface area contributed by atoms with Crippen LogP contribution < -0.4 is 4.90 Å². The molecule has 1 aliphatic rings. The molecule has 2 N–H and O–H groups in total. The molecular formula is C25H25ClN2O2S. The third-order valence-electron chi connectivity index (χ3n) is 5.70. The highest BCUT2D eigenvalue weighted by atomic mass is 35.5. The van der Waals surface area contributed by atoms with Crippen LogP contribution in [0.3, 0.4) is 0 Å². The van der Waals surface area contributed by atoms with E-state index in [0.717, 1.165) is 38.6 Å². The molecule has 31 heavy (non-hydrogen) atoms. The SMILES string of the molecule is CC(=N)CC(C)C(O)c1ccc(N2CCc3cc(-c4ccc(Cl)cc4)sc3C2=O)cc1. The van der Waals surface area contributed by atoms with Crippen LogP contribution in [-0.2, 0) is 6.42 Å². The van der Waals surface area contributed by atoms with Gasteiger partial charge in [-0.05, 0) is 72.7 Å². The molecule has 4 rings (SSSR count). The fraction of sp³-hybridized carbons (Fsp3) is 0.280. The second-order valence-electron chi connectivity index (χ2n) is 8.18. The fourth-order valence-electron chi connectivity index (χ4n) is 4.03. The second-order valence-corrected chi connectivity index (χ2v) is 9.67. The molecule has 1 amide bonds. The standard InChI is InChI=1S/C25H25ClN2O2S/c1-15(13-16(2)27)23(29)18-5-9-21(10-6-18)28-12-11-19-14-22(31-24(19)25(28)30)17-3-7-20(26)8-4-17/h3-10,14-15,23,27,29H,11-13H2,1-2H3. The minimum Gasteiger partial charge on any atom is -0.388 e. The van der Waals surface area contributed by atoms with Crippen molar-refractivity contribution in [3.63, 3.8) is 0 Å². The normalized spacial score (nSPS) is 15.5. The van der Waals surface area contributed by atoms with Crippen molar-refractivity contribution < 1.29 is 9.90 Å². The van der Waals surface area contributed by atoms with Crippen molar-refractivity contribution in [1.82, 2.24) is 0 Å². The Kier molecular flexibility index (Phi) is 6.28. The maximum atomic E-state index is 13.2. The molecular weight excluding hydrogens is 428 g/mol. The van der Waals surface area contributed by atoms with Gasteiger partial charge >= 0.3 is 0 Å². The lowest BCUT2D eigenvalue weighted by Crippen LogP contribution is -2.36. The molecule has 0 radical (unpaired) electrons. The molecule has 2 unspecified atom stereocenters. The van der Waals surface area contributed by atoms with Gasteiger partial charge in [0.1, 0.15) is 0 Å². The van der Waals surface area contributed by atoms with Gasteiger partial charge in [-0.2, -0.15) is 0 Å². The summed E-state index contributed by atoms with van der Waals surface area (Å²) in [5.41, 5.74) is 4.37. The molecule has 0 aliphatic carbocycles. The molecule has 2 atom stereocenters. The summed E-state index contributed by atoms with van der Waals surface area (Å²) < 4.78 is 0. The van der Waals surface area contributed by atoms with Crippen molar-refractivity contribution in [2.45, 2.75) is 32.8 Å². The molecule has 0 fully saturated rings. The molecule has 2 heterocycles. The number of nitrogens with one attached hydrogen (secondary N) is 1. The number of hydrogen-bond donors (Lipinski definition) is 2. The fourth-order valence-corrected chi connectivity index (χ4v) is 5.32. The van der Waals surface area contributed by atoms with Crippen molar-refractivity contribution in [3.8, 4) is 10.4 Å². The van der Waals surface area contributed by atoms with Crippen LogP contribution in [0.2, 0.25) is 5.02 Å². The highest BCUT2D eigenvalue weighted by Crippen LogP contribution is 2.37. The number of nitrogens with zero attached hydrogens (tertiary/aromatic N) is 1. The van der Waals surface area contributed by atoms with E-state index in [1.54, 1.807) is 6.92 Å². The van der Waals surface area contributed by atoms with E-state index in [-0.39, 0.29) is 11.8 Å². The summed E-state index contributed by atoms with van der Waals surface area (Å²) in [6.07, 6.45) is 0.743. The van der Waals surface area contributed by atoms with Crippen LogP contribution in [0, 0.1) is 11.3 Å². The predicted octanol–water partition coefficient (Wildman–Crippen LogP) is 6.37. The Morgan fingerprint density at radius 3 is 2.52 bits per heavy atom. The summed E-state index contributed by atoms with van der Waals surface area (Å²) in [6, 6.07) is 17.4. The zero-order chi connectivity index (χ0) is 22.1. The van der Waals surface area contributed by atoms with Crippen LogP contribution in [0.15, 0.2) is 54.6 Å². The van der Waals surface area contributed by atoms with Crippen LogP contribution in [0.5, 0.6) is 0 Å². The maximum absolute atomic E-state index is 13.2. The summed E-state index contributed by atoms with van der Waals surface area (Å²) in [5, 5.41) is 18.9. The highest BCUT2D eigenvalue weighted by molar-refractivity contribution is 7.17. The van der Waals surface area contributed by atoms with Gasteiger partial charge < -0.3 is 15.4 Å². The minimum atomic E-state index is -0.628. The maximum Gasteiger partial charge on any atom is 0.268 e. The van der Waals surface area contributed by atoms with Gasteiger partial charge in [0.2, 0.25) is 0 Å². The third-order valence-corrected chi connectivity index (χ3v) is 7.16. The first-order valence-electron chi connectivity index (χ1n) is 10.4. The molecule has 1 aliphatic heterocycles. The predicted molar refractivity (Wildman–Crippen MR) is 129 cm³/mol. The summed E-state index contributed by atoms with van der Waals surface area (Å²) in [5.74, 6) is -0.00695. The van der Waals surface area contributed by atoms with E-state index in [0.29, 0.717) is 23.7 Å². The first-order chi connectivity index (χ1) is 14.8. The van der Waals surface area contributed by atoms with Crippen LogP contribution >= 0.6 is 22.9 Å². The number of hydrogen-bond acceptors (Lipinski definition) is 4. The van der Waals surface area contributed by atoms with E-state index in [1.807, 2.05) is 60.4 Å². The smallest absolute Gasteiger partial charge is 0.268 e. The largest absolute Gasteiger partial charge is 0.388 e. The molecule has 2 aromatic carbocycles. The lowest BCUT2D eigenvalue weighted by molar-refractivity contribution is 0.0985. The minimum absolute atomic E-state index is 0.0209. The number of aliphatic hydroxyl groups excluding tert-OH is 1. The van der Waals surface area contributed by atoms with Gasteiger partial charge in [0, 0.05) is 27.8 Å². The quantitative estimate of drug-likeness (QED) is 0.426. The number of amides is 1. The van der Waals surface area contributed by atoms with Crippen molar-refractivity contribution in [2.24, 2.45) is 5.92 Å². The molecule has 0 spiro atoms. The Labute approximate surface area is 191 Å². The summed E-state index contributed by atoms with van der Waals surface area (Å²) in [4.78, 5) is 16.9. The first kappa shape index (κ1) is 21.8. The number of thiophene rings is 1. The van der Waals surface area contributed by atoms with Crippen LogP contribution in [0.25, 0.3) is 10.4 Å². The van der Waals surface area contributed by atoms with Gasteiger partial charge in [0.25, 0.3) is 5.91 Å². The molecule has 160 valence electrons. The lowest BCUT2D eigenvalue weighted by Gasteiger charge is -2.27. The molecule has 0 saturated carbocycles. The van der Waals surface area contributed by atoms with Crippen LogP contribution in [0.1, 0.15) is 47.2 Å². The van der Waals surface area contributed by atoms with E-state index >= 15 is 0 Å². The average molecular weight is 453 g/mol. The van der Waals surface area contributed by atoms with E-state index in [1.165, 1.54) is 11.3 Å². The molecule has 6 heteroatoms. The van der Waals surface area contributed by atoms with Gasteiger partial charge in [-0.25, -0.2) is 0 Å². The number of carbonyl (C=O) groups is 1. The number of rotatable bonds is 6. The number of halogens is 1. The molecule has 3 aromatic rings. The number of aliphatic hydroxyl groups is 1. The van der Waals surface area contributed by atoms with Gasteiger partial charge in [-0.15, -0.1) is 11.3 Å². The summed E-state index contributed by atoms with van der Waals surface area (Å²) in [7, 11) is 0. The van der Waals surface area contributed by atoms with E-state index in [2.05, 4.69) is 6.07 Å². The summed E-state index contributed by atoms with van der Waals surface area (Å²) >= 11 is 7.52. The topological polar surface area (TPSA) is 64.4 Å². The van der Waals surface area contributed by atoms with Crippen LogP contribution in [0.4, 0.5) is 5.69 Å². The summed E-state index contributed by atoms with van der Waals surface area (Å²) in [6.45, 7) is 4.33. The van der Waals surface area contributed by atoms with E-state index in [9.17, 15) is 9.90 Å². The average Bonchev–Trinajstić information content (AvgIpc) is 3.19. The van der Waals surface area contributed by atoms with Crippen molar-refractivity contribution >= 4 is 40.2 Å². The number of anilines is 1.